The summed E-state index contributed by atoms with van der Waals surface area (Å²) in [5.74, 6) is 0.443. The van der Waals surface area contributed by atoms with Gasteiger partial charge in [0.2, 0.25) is 5.91 Å². The Morgan fingerprint density at radius 3 is 2.57 bits per heavy atom. The quantitative estimate of drug-likeness (QED) is 0.788. The maximum Gasteiger partial charge on any atom is 0.220 e. The molecule has 1 saturated heterocycles. The fourth-order valence-electron chi connectivity index (χ4n) is 3.75. The molecule has 1 atom stereocenters. The fourth-order valence-corrected chi connectivity index (χ4v) is 3.75. The largest absolute Gasteiger partial charge is 0.355 e. The standard InChI is InChI=1S/C20H20N2O/c1-14-20(16-11-19(23)21-12-16)17-9-5-6-10-18(17)22(14)13-15-7-3-2-4-8-15/h2-10,16H,11-13H2,1H3,(H,21,23). The highest BCUT2D eigenvalue weighted by Crippen LogP contribution is 2.35. The number of carbonyl (C=O) groups is 1. The van der Waals surface area contributed by atoms with Crippen LogP contribution in [0, 0.1) is 6.92 Å². The second kappa shape index (κ2) is 5.58. The molecule has 3 heteroatoms. The Morgan fingerprint density at radius 2 is 1.83 bits per heavy atom. The monoisotopic (exact) mass is 304 g/mol. The lowest BCUT2D eigenvalue weighted by molar-refractivity contribution is -0.119. The van der Waals surface area contributed by atoms with Gasteiger partial charge >= 0.3 is 0 Å². The van der Waals surface area contributed by atoms with Gasteiger partial charge in [0.1, 0.15) is 0 Å². The predicted octanol–water partition coefficient (Wildman–Crippen LogP) is 3.60. The van der Waals surface area contributed by atoms with Crippen molar-refractivity contribution in [2.24, 2.45) is 0 Å². The van der Waals surface area contributed by atoms with Crippen molar-refractivity contribution in [3.63, 3.8) is 0 Å². The summed E-state index contributed by atoms with van der Waals surface area (Å²) in [6, 6.07) is 19.1. The van der Waals surface area contributed by atoms with Crippen LogP contribution in [0.25, 0.3) is 10.9 Å². The zero-order chi connectivity index (χ0) is 15.8. The minimum atomic E-state index is 0.161. The third-order valence-corrected chi connectivity index (χ3v) is 4.85. The molecule has 1 aliphatic rings. The van der Waals surface area contributed by atoms with Gasteiger partial charge in [-0.1, -0.05) is 48.5 Å². The Bertz CT molecular complexity index is 864. The van der Waals surface area contributed by atoms with E-state index in [9.17, 15) is 4.79 Å². The van der Waals surface area contributed by atoms with E-state index < -0.39 is 0 Å². The number of benzene rings is 2. The normalized spacial score (nSPS) is 17.6. The molecule has 1 fully saturated rings. The van der Waals surface area contributed by atoms with Gasteiger partial charge in [-0.3, -0.25) is 4.79 Å². The summed E-state index contributed by atoms with van der Waals surface area (Å²) in [5, 5.41) is 4.25. The van der Waals surface area contributed by atoms with Crippen molar-refractivity contribution in [3.05, 3.63) is 71.4 Å². The Kier molecular flexibility index (Phi) is 3.41. The summed E-state index contributed by atoms with van der Waals surface area (Å²) in [6.07, 6.45) is 0.597. The van der Waals surface area contributed by atoms with Crippen molar-refractivity contribution >= 4 is 16.8 Å². The summed E-state index contributed by atoms with van der Waals surface area (Å²) < 4.78 is 2.38. The van der Waals surface area contributed by atoms with Crippen LogP contribution in [-0.2, 0) is 11.3 Å². The summed E-state index contributed by atoms with van der Waals surface area (Å²) >= 11 is 0. The first-order chi connectivity index (χ1) is 11.2. The highest BCUT2D eigenvalue weighted by Gasteiger charge is 2.28. The molecule has 2 aromatic carbocycles. The van der Waals surface area contributed by atoms with Gasteiger partial charge in [0.25, 0.3) is 0 Å². The molecule has 0 radical (unpaired) electrons. The minimum absolute atomic E-state index is 0.161. The van der Waals surface area contributed by atoms with E-state index in [0.29, 0.717) is 6.42 Å². The number of amides is 1. The molecular formula is C20H20N2O. The molecule has 116 valence electrons. The molecule has 0 aliphatic carbocycles. The zero-order valence-electron chi connectivity index (χ0n) is 13.3. The van der Waals surface area contributed by atoms with Crippen LogP contribution in [0.5, 0.6) is 0 Å². The number of carbonyl (C=O) groups excluding carboxylic acids is 1. The topological polar surface area (TPSA) is 34.0 Å². The average molecular weight is 304 g/mol. The summed E-state index contributed by atoms with van der Waals surface area (Å²) in [6.45, 7) is 3.79. The highest BCUT2D eigenvalue weighted by molar-refractivity contribution is 5.88. The van der Waals surface area contributed by atoms with Crippen molar-refractivity contribution in [1.82, 2.24) is 9.88 Å². The van der Waals surface area contributed by atoms with E-state index in [1.807, 2.05) is 6.07 Å². The molecule has 0 spiro atoms. The van der Waals surface area contributed by atoms with Crippen LogP contribution >= 0.6 is 0 Å². The van der Waals surface area contributed by atoms with Gasteiger partial charge < -0.3 is 9.88 Å². The van der Waals surface area contributed by atoms with E-state index in [1.54, 1.807) is 0 Å². The van der Waals surface area contributed by atoms with Gasteiger partial charge in [0, 0.05) is 42.0 Å². The van der Waals surface area contributed by atoms with Gasteiger partial charge in [-0.05, 0) is 24.1 Å². The third kappa shape index (κ3) is 2.42. The molecule has 0 saturated carbocycles. The zero-order valence-corrected chi connectivity index (χ0v) is 13.3. The molecule has 3 aromatic rings. The van der Waals surface area contributed by atoms with Crippen molar-refractivity contribution in [3.8, 4) is 0 Å². The molecule has 1 N–H and O–H groups in total. The van der Waals surface area contributed by atoms with Gasteiger partial charge in [-0.25, -0.2) is 0 Å². The second-order valence-electron chi connectivity index (χ2n) is 6.29. The number of fused-ring (bicyclic) bond motifs is 1. The second-order valence-corrected chi connectivity index (χ2v) is 6.29. The molecule has 1 amide bonds. The van der Waals surface area contributed by atoms with Crippen LogP contribution in [0.3, 0.4) is 0 Å². The molecule has 2 heterocycles. The summed E-state index contributed by atoms with van der Waals surface area (Å²) in [7, 11) is 0. The number of nitrogens with zero attached hydrogens (tertiary/aromatic N) is 1. The first-order valence-corrected chi connectivity index (χ1v) is 8.12. The van der Waals surface area contributed by atoms with E-state index in [0.717, 1.165) is 13.1 Å². The number of para-hydroxylation sites is 1. The number of aromatic nitrogens is 1. The van der Waals surface area contributed by atoms with Crippen LogP contribution in [0.2, 0.25) is 0 Å². The lowest BCUT2D eigenvalue weighted by Crippen LogP contribution is -2.13. The Morgan fingerprint density at radius 1 is 1.09 bits per heavy atom. The van der Waals surface area contributed by atoms with Crippen molar-refractivity contribution in [2.75, 3.05) is 6.54 Å². The molecule has 0 bridgehead atoms. The SMILES string of the molecule is Cc1c(C2CNC(=O)C2)c2ccccc2n1Cc1ccccc1. The molecule has 3 nitrogen and oxygen atoms in total. The van der Waals surface area contributed by atoms with E-state index in [-0.39, 0.29) is 11.8 Å². The van der Waals surface area contributed by atoms with E-state index in [1.165, 1.54) is 27.7 Å². The van der Waals surface area contributed by atoms with Crippen LogP contribution in [0.15, 0.2) is 54.6 Å². The molecule has 1 aromatic heterocycles. The van der Waals surface area contributed by atoms with E-state index in [4.69, 9.17) is 0 Å². The van der Waals surface area contributed by atoms with Gasteiger partial charge in [0.15, 0.2) is 0 Å². The smallest absolute Gasteiger partial charge is 0.220 e. The van der Waals surface area contributed by atoms with E-state index >= 15 is 0 Å². The predicted molar refractivity (Wildman–Crippen MR) is 92.6 cm³/mol. The van der Waals surface area contributed by atoms with Crippen molar-refractivity contribution < 1.29 is 4.79 Å². The van der Waals surface area contributed by atoms with E-state index in [2.05, 4.69) is 65.3 Å². The third-order valence-electron chi connectivity index (χ3n) is 4.85. The number of nitrogens with one attached hydrogen (secondary N) is 1. The molecule has 4 rings (SSSR count). The summed E-state index contributed by atoms with van der Waals surface area (Å²) in [5.41, 5.74) is 5.15. The molecule has 1 unspecified atom stereocenters. The first kappa shape index (κ1) is 14.1. The fraction of sp³-hybridized carbons (Fsp3) is 0.250. The Hall–Kier alpha value is -2.55. The highest BCUT2D eigenvalue weighted by atomic mass is 16.1. The van der Waals surface area contributed by atoms with Gasteiger partial charge in [-0.2, -0.15) is 0 Å². The summed E-state index contributed by atoms with van der Waals surface area (Å²) in [4.78, 5) is 11.7. The van der Waals surface area contributed by atoms with Crippen LogP contribution in [0.1, 0.15) is 29.2 Å². The van der Waals surface area contributed by atoms with Crippen molar-refractivity contribution in [1.29, 1.82) is 0 Å². The first-order valence-electron chi connectivity index (χ1n) is 8.12. The van der Waals surface area contributed by atoms with Crippen LogP contribution < -0.4 is 5.32 Å². The van der Waals surface area contributed by atoms with Gasteiger partial charge in [0.05, 0.1) is 0 Å². The Labute approximate surface area is 135 Å². The number of hydrogen-bond donors (Lipinski definition) is 1. The number of rotatable bonds is 3. The van der Waals surface area contributed by atoms with Crippen LogP contribution in [-0.4, -0.2) is 17.0 Å². The number of hydrogen-bond acceptors (Lipinski definition) is 1. The Balaban J connectivity index is 1.84. The maximum absolute atomic E-state index is 11.7. The van der Waals surface area contributed by atoms with Crippen molar-refractivity contribution in [2.45, 2.75) is 25.8 Å². The van der Waals surface area contributed by atoms with Crippen LogP contribution in [0.4, 0.5) is 0 Å². The van der Waals surface area contributed by atoms with Gasteiger partial charge in [-0.15, -0.1) is 0 Å². The lowest BCUT2D eigenvalue weighted by atomic mass is 9.95. The molecular weight excluding hydrogens is 284 g/mol. The molecule has 23 heavy (non-hydrogen) atoms. The maximum atomic E-state index is 11.7. The molecule has 1 aliphatic heterocycles. The lowest BCUT2D eigenvalue weighted by Gasteiger charge is -2.11. The minimum Gasteiger partial charge on any atom is -0.355 e. The average Bonchev–Trinajstić information content (AvgIpc) is 3.11.